The predicted octanol–water partition coefficient (Wildman–Crippen LogP) is 2.73. The van der Waals surface area contributed by atoms with Crippen LogP contribution in [0.25, 0.3) is 0 Å². The first-order chi connectivity index (χ1) is 14.4. The third-order valence-electron chi connectivity index (χ3n) is 5.68. The van der Waals surface area contributed by atoms with E-state index in [1.807, 2.05) is 0 Å². The van der Waals surface area contributed by atoms with Crippen LogP contribution in [0.4, 0.5) is 4.39 Å². The molecular formula is C21H21ClFN3O4. The Morgan fingerprint density at radius 1 is 1.27 bits per heavy atom. The Balaban J connectivity index is 1.27. The largest absolute Gasteiger partial charge is 0.484 e. The van der Waals surface area contributed by atoms with Crippen LogP contribution >= 0.6 is 11.6 Å². The van der Waals surface area contributed by atoms with Crippen molar-refractivity contribution < 1.29 is 23.5 Å². The lowest BCUT2D eigenvalue weighted by molar-refractivity contribution is -0.124. The molecule has 0 aliphatic heterocycles. The number of amides is 2. The van der Waals surface area contributed by atoms with E-state index in [4.69, 9.17) is 21.1 Å². The minimum Gasteiger partial charge on any atom is -0.484 e. The van der Waals surface area contributed by atoms with Gasteiger partial charge in [0.15, 0.2) is 6.61 Å². The molecule has 3 aliphatic rings. The normalized spacial score (nSPS) is 24.0. The van der Waals surface area contributed by atoms with Crippen LogP contribution < -0.4 is 20.1 Å². The minimum absolute atomic E-state index is 0.00435. The first-order valence-electron chi connectivity index (χ1n) is 9.57. The Morgan fingerprint density at radius 2 is 2.07 bits per heavy atom. The molecule has 0 saturated heterocycles. The lowest BCUT2D eigenvalue weighted by atomic mass is 9.76. The van der Waals surface area contributed by atoms with Gasteiger partial charge in [-0.25, -0.2) is 9.37 Å². The van der Waals surface area contributed by atoms with Crippen molar-refractivity contribution in [3.63, 3.8) is 0 Å². The highest BCUT2D eigenvalue weighted by Gasteiger charge is 2.57. The fraction of sp³-hybridized carbons (Fsp3) is 0.381. The Morgan fingerprint density at radius 3 is 2.73 bits per heavy atom. The van der Waals surface area contributed by atoms with E-state index < -0.39 is 5.82 Å². The molecule has 2 amide bonds. The predicted molar refractivity (Wildman–Crippen MR) is 107 cm³/mol. The fourth-order valence-corrected chi connectivity index (χ4v) is 4.33. The van der Waals surface area contributed by atoms with Crippen LogP contribution in [0, 0.1) is 11.7 Å². The number of benzene rings is 1. The van der Waals surface area contributed by atoms with Crippen LogP contribution in [0.5, 0.6) is 11.6 Å². The lowest BCUT2D eigenvalue weighted by Crippen LogP contribution is -2.51. The van der Waals surface area contributed by atoms with Gasteiger partial charge in [-0.3, -0.25) is 9.59 Å². The minimum atomic E-state index is -0.601. The van der Waals surface area contributed by atoms with Crippen LogP contribution in [0.3, 0.4) is 0 Å². The average Bonchev–Trinajstić information content (AvgIpc) is 3.22. The average molecular weight is 434 g/mol. The maximum Gasteiger partial charge on any atom is 0.258 e. The zero-order valence-corrected chi connectivity index (χ0v) is 17.0. The Labute approximate surface area is 177 Å². The molecule has 1 atom stereocenters. The topological polar surface area (TPSA) is 89.6 Å². The molecule has 1 heterocycles. The van der Waals surface area contributed by atoms with Crippen LogP contribution in [0.15, 0.2) is 36.5 Å². The molecule has 3 fully saturated rings. The zero-order valence-electron chi connectivity index (χ0n) is 16.3. The quantitative estimate of drug-likeness (QED) is 0.700. The summed E-state index contributed by atoms with van der Waals surface area (Å²) in [5, 5.41) is 6.04. The lowest BCUT2D eigenvalue weighted by Gasteiger charge is -2.39. The van der Waals surface area contributed by atoms with E-state index in [1.54, 1.807) is 12.1 Å². The smallest absolute Gasteiger partial charge is 0.258 e. The number of hydrogen-bond donors (Lipinski definition) is 2. The number of carbonyl (C=O) groups excluding carboxylic acids is 2. The van der Waals surface area contributed by atoms with Crippen LogP contribution in [-0.2, 0) is 4.79 Å². The van der Waals surface area contributed by atoms with Crippen LogP contribution in [0.1, 0.15) is 29.6 Å². The molecule has 30 heavy (non-hydrogen) atoms. The van der Waals surface area contributed by atoms with Crippen molar-refractivity contribution in [3.8, 4) is 11.6 Å². The van der Waals surface area contributed by atoms with E-state index in [1.165, 1.54) is 25.4 Å². The number of carbonyl (C=O) groups is 2. The molecule has 9 heteroatoms. The van der Waals surface area contributed by atoms with Gasteiger partial charge < -0.3 is 20.1 Å². The maximum atomic E-state index is 13.4. The van der Waals surface area contributed by atoms with Gasteiger partial charge in [-0.15, -0.1) is 0 Å². The van der Waals surface area contributed by atoms with Crippen molar-refractivity contribution >= 4 is 23.4 Å². The summed E-state index contributed by atoms with van der Waals surface area (Å²) in [6.45, 7) is -0.221. The first-order valence-corrected chi connectivity index (χ1v) is 9.95. The highest BCUT2D eigenvalue weighted by atomic mass is 35.5. The summed E-state index contributed by atoms with van der Waals surface area (Å²) in [7, 11) is 1.52. The number of aromatic nitrogens is 1. The molecule has 158 valence electrons. The second kappa shape index (κ2) is 8.10. The van der Waals surface area contributed by atoms with E-state index in [0.717, 1.165) is 18.9 Å². The third-order valence-corrected chi connectivity index (χ3v) is 5.99. The van der Waals surface area contributed by atoms with Gasteiger partial charge in [0.05, 0.1) is 17.7 Å². The molecule has 0 radical (unpaired) electrons. The van der Waals surface area contributed by atoms with Gasteiger partial charge in [0.1, 0.15) is 11.6 Å². The van der Waals surface area contributed by atoms with E-state index in [9.17, 15) is 14.0 Å². The number of pyridine rings is 1. The number of ether oxygens (including phenoxy) is 2. The molecule has 7 nitrogen and oxygen atoms in total. The summed E-state index contributed by atoms with van der Waals surface area (Å²) in [6.07, 6.45) is 3.77. The van der Waals surface area contributed by atoms with Gasteiger partial charge in [0.25, 0.3) is 11.8 Å². The second-order valence-electron chi connectivity index (χ2n) is 7.73. The number of methoxy groups -OCH3 is 1. The molecule has 2 N–H and O–H groups in total. The van der Waals surface area contributed by atoms with E-state index in [0.29, 0.717) is 23.8 Å². The van der Waals surface area contributed by atoms with Gasteiger partial charge in [-0.2, -0.15) is 0 Å². The Hall–Kier alpha value is -2.87. The van der Waals surface area contributed by atoms with Gasteiger partial charge >= 0.3 is 0 Å². The zero-order chi connectivity index (χ0) is 21.3. The molecular weight excluding hydrogens is 413 g/mol. The molecule has 2 bridgehead atoms. The Bertz CT molecular complexity index is 963. The first kappa shape index (κ1) is 20.4. The van der Waals surface area contributed by atoms with Crippen molar-refractivity contribution in [3.05, 3.63) is 52.9 Å². The third kappa shape index (κ3) is 4.18. The molecule has 1 unspecified atom stereocenters. The molecule has 3 aliphatic carbocycles. The molecule has 2 aromatic rings. The second-order valence-corrected chi connectivity index (χ2v) is 8.14. The Kier molecular flexibility index (Phi) is 5.51. The summed E-state index contributed by atoms with van der Waals surface area (Å²) in [6, 6.07) is 7.29. The summed E-state index contributed by atoms with van der Waals surface area (Å²) >= 11 is 5.63. The number of fused-ring (bicyclic) bond motifs is 1. The van der Waals surface area contributed by atoms with Crippen molar-refractivity contribution in [1.29, 1.82) is 0 Å². The van der Waals surface area contributed by atoms with Crippen molar-refractivity contribution in [2.24, 2.45) is 5.92 Å². The number of rotatable bonds is 7. The van der Waals surface area contributed by atoms with Crippen molar-refractivity contribution in [2.45, 2.75) is 30.8 Å². The maximum absolute atomic E-state index is 13.4. The molecule has 3 saturated carbocycles. The standard InChI is InChI=1S/C21H21ClFN3O4/c1-29-19-5-2-12(10-24-19)20(28)26-21-7-13(8-21)17(9-21)25-18(27)11-30-14-3-4-15(22)16(23)6-14/h2-6,10,13,17H,7-9,11H2,1H3,(H,25,27)(H,26,28). The molecule has 5 rings (SSSR count). The van der Waals surface area contributed by atoms with E-state index in [2.05, 4.69) is 15.6 Å². The van der Waals surface area contributed by atoms with Crippen molar-refractivity contribution in [2.75, 3.05) is 13.7 Å². The SMILES string of the molecule is COc1ccc(C(=O)NC23CC(C2)C(NC(=O)COc2ccc(Cl)c(F)c2)C3)cn1. The number of hydrogen-bond acceptors (Lipinski definition) is 5. The summed E-state index contributed by atoms with van der Waals surface area (Å²) in [4.78, 5) is 28.8. The molecule has 1 aromatic carbocycles. The van der Waals surface area contributed by atoms with Gasteiger partial charge in [0.2, 0.25) is 5.88 Å². The van der Waals surface area contributed by atoms with E-state index in [-0.39, 0.29) is 40.8 Å². The van der Waals surface area contributed by atoms with Crippen molar-refractivity contribution in [1.82, 2.24) is 15.6 Å². The monoisotopic (exact) mass is 433 g/mol. The highest BCUT2D eigenvalue weighted by Crippen LogP contribution is 2.52. The number of nitrogens with one attached hydrogen (secondary N) is 2. The van der Waals surface area contributed by atoms with Gasteiger partial charge in [-0.05, 0) is 43.4 Å². The highest BCUT2D eigenvalue weighted by molar-refractivity contribution is 6.30. The van der Waals surface area contributed by atoms with Crippen LogP contribution in [-0.4, -0.2) is 42.1 Å². The fourth-order valence-electron chi connectivity index (χ4n) is 4.22. The number of halogens is 2. The molecule has 1 aromatic heterocycles. The van der Waals surface area contributed by atoms with E-state index >= 15 is 0 Å². The summed E-state index contributed by atoms with van der Waals surface area (Å²) in [5.41, 5.74) is 0.157. The van der Waals surface area contributed by atoms with Gasteiger partial charge in [-0.1, -0.05) is 11.6 Å². The summed E-state index contributed by atoms with van der Waals surface area (Å²) in [5.74, 6) is -0.0835. The summed E-state index contributed by atoms with van der Waals surface area (Å²) < 4.78 is 23.8. The van der Waals surface area contributed by atoms with Gasteiger partial charge in [0, 0.05) is 29.9 Å². The molecule has 0 spiro atoms. The van der Waals surface area contributed by atoms with Crippen LogP contribution in [0.2, 0.25) is 5.02 Å². The number of nitrogens with zero attached hydrogens (tertiary/aromatic N) is 1.